The van der Waals surface area contributed by atoms with Crippen molar-refractivity contribution in [1.82, 2.24) is 5.32 Å². The molecule has 3 heteroatoms. The van der Waals surface area contributed by atoms with Gasteiger partial charge in [-0.2, -0.15) is 0 Å². The van der Waals surface area contributed by atoms with Crippen LogP contribution in [0, 0.1) is 5.92 Å². The van der Waals surface area contributed by atoms with Crippen LogP contribution in [0.15, 0.2) is 0 Å². The third-order valence-corrected chi connectivity index (χ3v) is 4.47. The van der Waals surface area contributed by atoms with Crippen molar-refractivity contribution >= 4 is 0 Å². The Morgan fingerprint density at radius 1 is 1.25 bits per heavy atom. The molecule has 1 atom stereocenters. The molecule has 0 radical (unpaired) electrons. The molecule has 2 fully saturated rings. The van der Waals surface area contributed by atoms with Crippen molar-refractivity contribution in [3.8, 4) is 0 Å². The molecule has 0 aromatic heterocycles. The number of nitrogens with one attached hydrogen (secondary N) is 1. The van der Waals surface area contributed by atoms with Crippen molar-refractivity contribution < 1.29 is 9.47 Å². The van der Waals surface area contributed by atoms with Crippen molar-refractivity contribution in [3.63, 3.8) is 0 Å². The molecule has 3 nitrogen and oxygen atoms in total. The first-order valence-corrected chi connectivity index (χ1v) is 6.62. The molecular weight excluding hydrogens is 202 g/mol. The fourth-order valence-electron chi connectivity index (χ4n) is 3.59. The maximum absolute atomic E-state index is 5.90. The Morgan fingerprint density at radius 3 is 2.38 bits per heavy atom. The summed E-state index contributed by atoms with van der Waals surface area (Å²) in [6.07, 6.45) is 7.41. The van der Waals surface area contributed by atoms with Gasteiger partial charge in [-0.3, -0.25) is 0 Å². The monoisotopic (exact) mass is 227 g/mol. The number of methoxy groups -OCH3 is 1. The Bertz CT molecular complexity index is 208. The molecule has 2 rings (SSSR count). The average Bonchev–Trinajstić information content (AvgIpc) is 2.81. The van der Waals surface area contributed by atoms with Crippen molar-refractivity contribution in [1.29, 1.82) is 0 Å². The van der Waals surface area contributed by atoms with Gasteiger partial charge in [0.2, 0.25) is 0 Å². The Hall–Kier alpha value is -0.120. The van der Waals surface area contributed by atoms with Gasteiger partial charge in [0.25, 0.3) is 0 Å². The topological polar surface area (TPSA) is 30.5 Å². The standard InChI is InChI=1S/C13H25NO2/c1-14-12(11-5-9-16-10-6-11)13(15-2)7-3-4-8-13/h11-12,14H,3-10H2,1-2H3. The highest BCUT2D eigenvalue weighted by Crippen LogP contribution is 2.40. The van der Waals surface area contributed by atoms with Gasteiger partial charge in [0, 0.05) is 26.4 Å². The third-order valence-electron chi connectivity index (χ3n) is 4.47. The van der Waals surface area contributed by atoms with Crippen LogP contribution < -0.4 is 5.32 Å². The summed E-state index contributed by atoms with van der Waals surface area (Å²) >= 11 is 0. The normalized spacial score (nSPS) is 28.1. The minimum absolute atomic E-state index is 0.0940. The lowest BCUT2D eigenvalue weighted by atomic mass is 9.79. The van der Waals surface area contributed by atoms with Crippen LogP contribution in [0.5, 0.6) is 0 Å². The number of likely N-dealkylation sites (N-methyl/N-ethyl adjacent to an activating group) is 1. The summed E-state index contributed by atoms with van der Waals surface area (Å²) in [5, 5.41) is 3.52. The van der Waals surface area contributed by atoms with E-state index in [1.165, 1.54) is 38.5 Å². The summed E-state index contributed by atoms with van der Waals surface area (Å²) in [6, 6.07) is 0.504. The fourth-order valence-corrected chi connectivity index (χ4v) is 3.59. The highest BCUT2D eigenvalue weighted by molar-refractivity contribution is 4.99. The first kappa shape index (κ1) is 12.3. The van der Waals surface area contributed by atoms with E-state index in [9.17, 15) is 0 Å². The van der Waals surface area contributed by atoms with E-state index in [1.807, 2.05) is 7.11 Å². The molecule has 0 aromatic carbocycles. The molecule has 1 unspecified atom stereocenters. The minimum atomic E-state index is 0.0940. The number of hydrogen-bond acceptors (Lipinski definition) is 3. The summed E-state index contributed by atoms with van der Waals surface area (Å²) in [4.78, 5) is 0. The molecule has 94 valence electrons. The van der Waals surface area contributed by atoms with Crippen LogP contribution in [0.3, 0.4) is 0 Å². The maximum Gasteiger partial charge on any atom is 0.0833 e. The van der Waals surface area contributed by atoms with Crippen LogP contribution in [-0.4, -0.2) is 39.0 Å². The molecule has 1 heterocycles. The highest BCUT2D eigenvalue weighted by atomic mass is 16.5. The Morgan fingerprint density at radius 2 is 1.88 bits per heavy atom. The predicted molar refractivity (Wildman–Crippen MR) is 64.6 cm³/mol. The van der Waals surface area contributed by atoms with Gasteiger partial charge >= 0.3 is 0 Å². The van der Waals surface area contributed by atoms with Crippen LogP contribution in [0.4, 0.5) is 0 Å². The van der Waals surface area contributed by atoms with E-state index in [-0.39, 0.29) is 5.60 Å². The van der Waals surface area contributed by atoms with Gasteiger partial charge in [-0.05, 0) is 38.6 Å². The van der Waals surface area contributed by atoms with Gasteiger partial charge < -0.3 is 14.8 Å². The van der Waals surface area contributed by atoms with Gasteiger partial charge in [0.1, 0.15) is 0 Å². The molecule has 0 bridgehead atoms. The molecule has 0 aromatic rings. The van der Waals surface area contributed by atoms with E-state index < -0.39 is 0 Å². The summed E-state index contributed by atoms with van der Waals surface area (Å²) < 4.78 is 11.4. The van der Waals surface area contributed by atoms with Gasteiger partial charge in [-0.25, -0.2) is 0 Å². The zero-order chi connectivity index (χ0) is 11.4. The lowest BCUT2D eigenvalue weighted by Crippen LogP contribution is -2.54. The van der Waals surface area contributed by atoms with Gasteiger partial charge in [0.15, 0.2) is 0 Å². The molecule has 16 heavy (non-hydrogen) atoms. The zero-order valence-electron chi connectivity index (χ0n) is 10.6. The van der Waals surface area contributed by atoms with Crippen LogP contribution in [0.25, 0.3) is 0 Å². The first-order chi connectivity index (χ1) is 7.82. The highest BCUT2D eigenvalue weighted by Gasteiger charge is 2.44. The predicted octanol–water partition coefficient (Wildman–Crippen LogP) is 1.96. The molecule has 0 amide bonds. The second kappa shape index (κ2) is 5.48. The van der Waals surface area contributed by atoms with Crippen molar-refractivity contribution in [2.75, 3.05) is 27.4 Å². The molecule has 1 saturated carbocycles. The van der Waals surface area contributed by atoms with Gasteiger partial charge in [-0.15, -0.1) is 0 Å². The smallest absolute Gasteiger partial charge is 0.0833 e. The van der Waals surface area contributed by atoms with Crippen LogP contribution in [0.1, 0.15) is 38.5 Å². The fraction of sp³-hybridized carbons (Fsp3) is 1.00. The summed E-state index contributed by atoms with van der Waals surface area (Å²) in [6.45, 7) is 1.84. The summed E-state index contributed by atoms with van der Waals surface area (Å²) in [5.41, 5.74) is 0.0940. The molecule has 1 N–H and O–H groups in total. The average molecular weight is 227 g/mol. The lowest BCUT2D eigenvalue weighted by Gasteiger charge is -2.42. The summed E-state index contributed by atoms with van der Waals surface area (Å²) in [5.74, 6) is 0.719. The van der Waals surface area contributed by atoms with Gasteiger partial charge in [0.05, 0.1) is 5.60 Å². The molecule has 1 aliphatic carbocycles. The van der Waals surface area contributed by atoms with E-state index >= 15 is 0 Å². The molecule has 2 aliphatic rings. The zero-order valence-corrected chi connectivity index (χ0v) is 10.6. The summed E-state index contributed by atoms with van der Waals surface area (Å²) in [7, 11) is 3.97. The molecule has 0 spiro atoms. The second-order valence-electron chi connectivity index (χ2n) is 5.19. The van der Waals surface area contributed by atoms with E-state index in [0.717, 1.165) is 19.1 Å². The van der Waals surface area contributed by atoms with Crippen LogP contribution in [-0.2, 0) is 9.47 Å². The Kier molecular flexibility index (Phi) is 4.22. The quantitative estimate of drug-likeness (QED) is 0.796. The van der Waals surface area contributed by atoms with E-state index in [0.29, 0.717) is 6.04 Å². The van der Waals surface area contributed by atoms with Crippen LogP contribution in [0.2, 0.25) is 0 Å². The minimum Gasteiger partial charge on any atom is -0.381 e. The molecular formula is C13H25NO2. The SMILES string of the molecule is CNC(C1CCOCC1)C1(OC)CCCC1. The Labute approximate surface area is 98.9 Å². The van der Waals surface area contributed by atoms with E-state index in [1.54, 1.807) is 0 Å². The molecule has 1 saturated heterocycles. The number of rotatable bonds is 4. The van der Waals surface area contributed by atoms with Crippen molar-refractivity contribution in [3.05, 3.63) is 0 Å². The second-order valence-corrected chi connectivity index (χ2v) is 5.19. The Balaban J connectivity index is 2.06. The molecule has 1 aliphatic heterocycles. The van der Waals surface area contributed by atoms with Gasteiger partial charge in [-0.1, -0.05) is 12.8 Å². The van der Waals surface area contributed by atoms with Crippen molar-refractivity contribution in [2.24, 2.45) is 5.92 Å². The van der Waals surface area contributed by atoms with E-state index in [2.05, 4.69) is 12.4 Å². The van der Waals surface area contributed by atoms with Crippen molar-refractivity contribution in [2.45, 2.75) is 50.2 Å². The maximum atomic E-state index is 5.90. The lowest BCUT2D eigenvalue weighted by molar-refractivity contribution is -0.0659. The third kappa shape index (κ3) is 2.27. The van der Waals surface area contributed by atoms with Crippen LogP contribution >= 0.6 is 0 Å². The van der Waals surface area contributed by atoms with E-state index in [4.69, 9.17) is 9.47 Å². The largest absolute Gasteiger partial charge is 0.381 e. The first-order valence-electron chi connectivity index (χ1n) is 6.62. The number of ether oxygens (including phenoxy) is 2. The number of hydrogen-bond donors (Lipinski definition) is 1.